The molecule has 0 bridgehead atoms. The molecule has 1 aromatic carbocycles. The van der Waals surface area contributed by atoms with E-state index in [1.54, 1.807) is 29.2 Å². The number of aromatic nitrogens is 3. The number of nitriles is 1. The SMILES string of the molecule is N#Cc1ccc(N2CCN(C(=O)CCOCC3c4ccccc4CN3c3cn[nH]c(=O)c3C(F)(F)F)CC2)nc1. The molecule has 0 radical (unpaired) electrons. The average molecular weight is 554 g/mol. The Kier molecular flexibility index (Phi) is 7.70. The van der Waals surface area contributed by atoms with E-state index in [4.69, 9.17) is 10.00 Å². The van der Waals surface area contributed by atoms with Crippen LogP contribution in [0.15, 0.2) is 53.6 Å². The van der Waals surface area contributed by atoms with Crippen LogP contribution in [0.1, 0.15) is 34.7 Å². The highest BCUT2D eigenvalue weighted by Crippen LogP contribution is 2.42. The van der Waals surface area contributed by atoms with Crippen molar-refractivity contribution in [2.45, 2.75) is 25.2 Å². The highest BCUT2D eigenvalue weighted by Gasteiger charge is 2.41. The minimum Gasteiger partial charge on any atom is -0.378 e. The molecule has 4 heterocycles. The lowest BCUT2D eigenvalue weighted by Crippen LogP contribution is -2.49. The number of nitrogens with zero attached hydrogens (tertiary/aromatic N) is 6. The maximum atomic E-state index is 13.8. The molecular weight excluding hydrogens is 527 g/mol. The van der Waals surface area contributed by atoms with E-state index in [9.17, 15) is 22.8 Å². The first-order valence-electron chi connectivity index (χ1n) is 12.7. The molecule has 0 spiro atoms. The number of piperazine rings is 1. The van der Waals surface area contributed by atoms with Crippen LogP contribution in [-0.2, 0) is 22.3 Å². The molecule has 2 aliphatic rings. The second kappa shape index (κ2) is 11.4. The highest BCUT2D eigenvalue weighted by atomic mass is 19.4. The number of aromatic amines is 1. The largest absolute Gasteiger partial charge is 0.423 e. The molecule has 13 heteroatoms. The fourth-order valence-electron chi connectivity index (χ4n) is 5.11. The van der Waals surface area contributed by atoms with Gasteiger partial charge >= 0.3 is 6.18 Å². The second-order valence-corrected chi connectivity index (χ2v) is 9.51. The molecule has 2 aliphatic heterocycles. The van der Waals surface area contributed by atoms with Crippen molar-refractivity contribution in [1.29, 1.82) is 5.26 Å². The van der Waals surface area contributed by atoms with Crippen LogP contribution in [0, 0.1) is 11.3 Å². The number of hydrogen-bond donors (Lipinski definition) is 1. The second-order valence-electron chi connectivity index (χ2n) is 9.51. The first-order chi connectivity index (χ1) is 19.3. The number of carbonyl (C=O) groups is 1. The van der Waals surface area contributed by atoms with E-state index < -0.39 is 23.3 Å². The predicted octanol–water partition coefficient (Wildman–Crippen LogP) is 2.87. The van der Waals surface area contributed by atoms with Crippen molar-refractivity contribution in [3.63, 3.8) is 0 Å². The third kappa shape index (κ3) is 5.62. The van der Waals surface area contributed by atoms with Crippen molar-refractivity contribution in [3.05, 3.63) is 81.4 Å². The Balaban J connectivity index is 1.18. The van der Waals surface area contributed by atoms with Gasteiger partial charge in [-0.05, 0) is 23.3 Å². The van der Waals surface area contributed by atoms with Crippen LogP contribution < -0.4 is 15.4 Å². The van der Waals surface area contributed by atoms with Gasteiger partial charge < -0.3 is 19.4 Å². The first kappa shape index (κ1) is 27.1. The number of pyridine rings is 1. The average Bonchev–Trinajstić information content (AvgIpc) is 3.33. The molecule has 40 heavy (non-hydrogen) atoms. The summed E-state index contributed by atoms with van der Waals surface area (Å²) in [6.07, 6.45) is -2.20. The third-order valence-electron chi connectivity index (χ3n) is 7.13. The molecule has 0 aliphatic carbocycles. The number of nitrogens with one attached hydrogen (secondary N) is 1. The molecule has 2 aromatic heterocycles. The van der Waals surface area contributed by atoms with Crippen molar-refractivity contribution in [1.82, 2.24) is 20.1 Å². The minimum atomic E-state index is -4.86. The summed E-state index contributed by atoms with van der Waals surface area (Å²) in [6, 6.07) is 12.2. The zero-order valence-electron chi connectivity index (χ0n) is 21.4. The highest BCUT2D eigenvalue weighted by molar-refractivity contribution is 5.76. The fourth-order valence-corrected chi connectivity index (χ4v) is 5.11. The lowest BCUT2D eigenvalue weighted by atomic mass is 10.1. The van der Waals surface area contributed by atoms with Gasteiger partial charge in [-0.3, -0.25) is 9.59 Å². The Bertz CT molecular complexity index is 1460. The monoisotopic (exact) mass is 553 g/mol. The van der Waals surface area contributed by atoms with Crippen LogP contribution >= 0.6 is 0 Å². The summed E-state index contributed by atoms with van der Waals surface area (Å²) in [4.78, 5) is 34.4. The number of halogens is 3. The summed E-state index contributed by atoms with van der Waals surface area (Å²) < 4.78 is 47.2. The minimum absolute atomic E-state index is 0.0343. The summed E-state index contributed by atoms with van der Waals surface area (Å²) in [5, 5.41) is 14.4. The zero-order valence-corrected chi connectivity index (χ0v) is 21.4. The number of benzene rings is 1. The van der Waals surface area contributed by atoms with Crippen LogP contribution in [0.25, 0.3) is 0 Å². The molecule has 1 saturated heterocycles. The van der Waals surface area contributed by atoms with Crippen molar-refractivity contribution < 1.29 is 22.7 Å². The number of H-pyrrole nitrogens is 1. The maximum absolute atomic E-state index is 13.8. The van der Waals surface area contributed by atoms with Crippen LogP contribution in [0.3, 0.4) is 0 Å². The molecule has 1 fully saturated rings. The Labute approximate surface area is 227 Å². The Morgan fingerprint density at radius 1 is 1.12 bits per heavy atom. The Hall–Kier alpha value is -4.44. The van der Waals surface area contributed by atoms with Gasteiger partial charge in [0, 0.05) is 38.9 Å². The Morgan fingerprint density at radius 3 is 2.60 bits per heavy atom. The molecule has 0 saturated carbocycles. The van der Waals surface area contributed by atoms with Crippen molar-refractivity contribution >= 4 is 17.4 Å². The van der Waals surface area contributed by atoms with Crippen LogP contribution in [0.5, 0.6) is 0 Å². The first-order valence-corrected chi connectivity index (χ1v) is 12.7. The molecule has 10 nitrogen and oxygen atoms in total. The summed E-state index contributed by atoms with van der Waals surface area (Å²) in [5.41, 5.74) is -0.805. The van der Waals surface area contributed by atoms with Crippen molar-refractivity contribution in [2.24, 2.45) is 0 Å². The number of amides is 1. The third-order valence-corrected chi connectivity index (χ3v) is 7.13. The van der Waals surface area contributed by atoms with Gasteiger partial charge in [0.1, 0.15) is 17.5 Å². The summed E-state index contributed by atoms with van der Waals surface area (Å²) in [7, 11) is 0. The number of carbonyl (C=O) groups excluding carboxylic acids is 1. The number of alkyl halides is 3. The number of anilines is 2. The van der Waals surface area contributed by atoms with Gasteiger partial charge in [0.2, 0.25) is 5.91 Å². The number of fused-ring (bicyclic) bond motifs is 1. The quantitative estimate of drug-likeness (QED) is 0.444. The van der Waals surface area contributed by atoms with Gasteiger partial charge in [-0.1, -0.05) is 24.3 Å². The fraction of sp³-hybridized carbons (Fsp3) is 0.370. The molecule has 3 aromatic rings. The van der Waals surface area contributed by atoms with E-state index in [1.807, 2.05) is 28.2 Å². The Morgan fingerprint density at radius 2 is 1.90 bits per heavy atom. The molecule has 1 amide bonds. The molecule has 1 N–H and O–H groups in total. The lowest BCUT2D eigenvalue weighted by Gasteiger charge is -2.35. The smallest absolute Gasteiger partial charge is 0.378 e. The van der Waals surface area contributed by atoms with Crippen molar-refractivity contribution in [3.8, 4) is 6.07 Å². The number of hydrogen-bond acceptors (Lipinski definition) is 8. The van der Waals surface area contributed by atoms with Crippen LogP contribution in [0.4, 0.5) is 24.7 Å². The molecule has 5 rings (SSSR count). The van der Waals surface area contributed by atoms with E-state index in [-0.39, 0.29) is 37.8 Å². The zero-order chi connectivity index (χ0) is 28.3. The van der Waals surface area contributed by atoms with Gasteiger partial charge in [0.25, 0.3) is 5.56 Å². The van der Waals surface area contributed by atoms with Gasteiger partial charge in [-0.2, -0.15) is 23.5 Å². The van der Waals surface area contributed by atoms with Gasteiger partial charge in [0.05, 0.1) is 43.1 Å². The van der Waals surface area contributed by atoms with E-state index in [2.05, 4.69) is 10.1 Å². The molecule has 1 unspecified atom stereocenters. The number of rotatable bonds is 7. The van der Waals surface area contributed by atoms with E-state index >= 15 is 0 Å². The van der Waals surface area contributed by atoms with Crippen LogP contribution in [0.2, 0.25) is 0 Å². The molecule has 1 atom stereocenters. The van der Waals surface area contributed by atoms with Gasteiger partial charge in [0.15, 0.2) is 0 Å². The van der Waals surface area contributed by atoms with Gasteiger partial charge in [-0.25, -0.2) is 10.1 Å². The normalized spacial score (nSPS) is 17.1. The van der Waals surface area contributed by atoms with Gasteiger partial charge in [-0.15, -0.1) is 0 Å². The van der Waals surface area contributed by atoms with E-state index in [0.29, 0.717) is 31.7 Å². The van der Waals surface area contributed by atoms with Crippen LogP contribution in [-0.4, -0.2) is 65.4 Å². The van der Waals surface area contributed by atoms with Crippen molar-refractivity contribution in [2.75, 3.05) is 49.2 Å². The lowest BCUT2D eigenvalue weighted by molar-refractivity contribution is -0.138. The summed E-state index contributed by atoms with van der Waals surface area (Å²) >= 11 is 0. The maximum Gasteiger partial charge on any atom is 0.423 e. The summed E-state index contributed by atoms with van der Waals surface area (Å²) in [6.45, 7) is 2.53. The van der Waals surface area contributed by atoms with E-state index in [0.717, 1.165) is 23.1 Å². The number of ether oxygens (including phenoxy) is 1. The molecule has 208 valence electrons. The van der Waals surface area contributed by atoms with E-state index in [1.165, 1.54) is 11.1 Å². The summed E-state index contributed by atoms with van der Waals surface area (Å²) in [5.74, 6) is 0.675. The standard InChI is InChI=1S/C27H26F3N7O3/c28-27(29,30)25-21(15-33-34-26(25)39)37-16-19-3-1-2-4-20(19)22(37)17-40-12-7-24(38)36-10-8-35(9-11-36)23-6-5-18(13-31)14-32-23/h1-6,14-15,22H,7-12,16-17H2,(H,34,39). The topological polar surface area (TPSA) is 118 Å². The predicted molar refractivity (Wildman–Crippen MR) is 138 cm³/mol. The molecular formula is C27H26F3N7O3.